The summed E-state index contributed by atoms with van der Waals surface area (Å²) in [5.74, 6) is -26.4. The highest BCUT2D eigenvalue weighted by Crippen LogP contribution is 2.21. The highest BCUT2D eigenvalue weighted by Gasteiger charge is 2.43. The second-order valence-electron chi connectivity index (χ2n) is 31.8. The number of nitrogens with two attached hydrogens (primary N) is 3. The number of likely N-dealkylation sites (tertiary alicyclic amines) is 1. The van der Waals surface area contributed by atoms with Crippen LogP contribution in [0.3, 0.4) is 0 Å². The maximum Gasteiger partial charge on any atom is 0.326 e. The summed E-state index contributed by atoms with van der Waals surface area (Å²) in [6.07, 6.45) is -5.51. The van der Waals surface area contributed by atoms with Gasteiger partial charge in [-0.15, -0.1) is 0 Å². The normalized spacial score (nSPS) is 16.0. The van der Waals surface area contributed by atoms with E-state index < -0.39 is 303 Å². The number of carboxylic acid groups (broad SMARTS) is 2. The number of carbonyl (C=O) groups excluding carboxylic acids is 18. The van der Waals surface area contributed by atoms with Crippen LogP contribution in [0.25, 0.3) is 0 Å². The molecule has 1 heterocycles. The number of nitrogens with zero attached hydrogens (tertiary/aromatic N) is 1. The highest BCUT2D eigenvalue weighted by atomic mass is 32.1. The van der Waals surface area contributed by atoms with Gasteiger partial charge < -0.3 is 158 Å². The molecule has 135 heavy (non-hydrogen) atoms. The summed E-state index contributed by atoms with van der Waals surface area (Å²) < 4.78 is 0. The van der Waals surface area contributed by atoms with Crippen LogP contribution in [0.2, 0.25) is 0 Å². The molecule has 51 nitrogen and oxygen atoms in total. The van der Waals surface area contributed by atoms with Gasteiger partial charge in [0.2, 0.25) is 106 Å². The third kappa shape index (κ3) is 38.9. The summed E-state index contributed by atoms with van der Waals surface area (Å²) in [5.41, 5.74) is 17.5. The van der Waals surface area contributed by atoms with Crippen molar-refractivity contribution in [1.82, 2.24) is 95.3 Å². The topological polar surface area (TPSA) is 833 Å². The predicted octanol–water partition coefficient (Wildman–Crippen LogP) is -12.2. The van der Waals surface area contributed by atoms with Gasteiger partial charge in [0.1, 0.15) is 108 Å². The van der Waals surface area contributed by atoms with Gasteiger partial charge in [0.15, 0.2) is 5.96 Å². The first-order chi connectivity index (χ1) is 63.7. The van der Waals surface area contributed by atoms with E-state index in [4.69, 9.17) is 22.6 Å². The summed E-state index contributed by atoms with van der Waals surface area (Å²) in [5, 5.41) is 138. The number of nitrogens with one attached hydrogen (secondary N) is 18. The molecule has 18 atom stereocenters. The number of phenols is 2. The molecule has 1 fully saturated rings. The van der Waals surface area contributed by atoms with E-state index >= 15 is 0 Å². The number of phenolic OH excluding ortho intramolecular Hbond substituents is 2. The molecule has 1 aliphatic rings. The molecule has 0 radical (unpaired) electrons. The Morgan fingerprint density at radius 3 is 1.21 bits per heavy atom. The number of rotatable bonds is 57. The van der Waals surface area contributed by atoms with Gasteiger partial charge in [-0.25, -0.2) is 4.79 Å². The Bertz CT molecular complexity index is 4640. The summed E-state index contributed by atoms with van der Waals surface area (Å²) in [7, 11) is 0. The molecule has 0 spiro atoms. The minimum absolute atomic E-state index is 0.0250. The molecule has 0 unspecified atom stereocenters. The minimum Gasteiger partial charge on any atom is -0.508 e. The number of aliphatic hydroxyl groups excluding tert-OH is 5. The zero-order valence-electron chi connectivity index (χ0n) is 74.2. The fourth-order valence-electron chi connectivity index (χ4n) is 13.0. The third-order valence-corrected chi connectivity index (χ3v) is 21.0. The van der Waals surface area contributed by atoms with Crippen LogP contribution in [0.1, 0.15) is 96.3 Å². The molecule has 4 rings (SSSR count). The van der Waals surface area contributed by atoms with Crippen LogP contribution in [-0.2, 0) is 115 Å². The summed E-state index contributed by atoms with van der Waals surface area (Å²) in [4.78, 5) is 273. The van der Waals surface area contributed by atoms with Gasteiger partial charge in [-0.05, 0) is 99.7 Å². The molecule has 1 aliphatic heterocycles. The number of aliphatic hydroxyl groups is 5. The van der Waals surface area contributed by atoms with Crippen molar-refractivity contribution in [2.24, 2.45) is 23.1 Å². The number of aliphatic carboxylic acids is 2. The maximum absolute atomic E-state index is 14.9. The maximum atomic E-state index is 14.9. The number of hydrogen-bond donors (Lipinski definition) is 32. The van der Waals surface area contributed by atoms with Crippen molar-refractivity contribution in [3.63, 3.8) is 0 Å². The van der Waals surface area contributed by atoms with Crippen LogP contribution in [0.4, 0.5) is 0 Å². The summed E-state index contributed by atoms with van der Waals surface area (Å²) >= 11 is 8.25. The van der Waals surface area contributed by atoms with Crippen LogP contribution < -0.4 is 108 Å². The number of carbonyl (C=O) groups is 20. The van der Waals surface area contributed by atoms with E-state index in [0.29, 0.717) is 5.56 Å². The molecule has 0 saturated carbocycles. The Kier molecular flexibility index (Phi) is 48.1. The molecule has 744 valence electrons. The van der Waals surface area contributed by atoms with Gasteiger partial charge in [-0.3, -0.25) is 96.5 Å². The van der Waals surface area contributed by atoms with E-state index in [9.17, 15) is 142 Å². The molecule has 3 aromatic carbocycles. The van der Waals surface area contributed by atoms with E-state index in [2.05, 4.69) is 116 Å². The molecule has 0 bridgehead atoms. The van der Waals surface area contributed by atoms with E-state index in [-0.39, 0.29) is 80.2 Å². The average Bonchev–Trinajstić information content (AvgIpc) is 1.66. The molecule has 0 aliphatic carbocycles. The average molecular weight is 1940 g/mol. The van der Waals surface area contributed by atoms with Gasteiger partial charge in [0.05, 0.1) is 58.0 Å². The number of hydrogen-bond acceptors (Lipinski definition) is 31. The lowest BCUT2D eigenvalue weighted by Crippen LogP contribution is -2.62. The van der Waals surface area contributed by atoms with Gasteiger partial charge in [0, 0.05) is 43.9 Å². The van der Waals surface area contributed by atoms with Gasteiger partial charge in [0.25, 0.3) is 0 Å². The Labute approximate surface area is 783 Å². The monoisotopic (exact) mass is 1940 g/mol. The number of amides is 18. The molecule has 53 heteroatoms. The number of benzene rings is 3. The summed E-state index contributed by atoms with van der Waals surface area (Å²) in [6, 6.07) is -10.9. The van der Waals surface area contributed by atoms with Crippen LogP contribution in [0.5, 0.6) is 11.5 Å². The summed E-state index contributed by atoms with van der Waals surface area (Å²) in [6.45, 7) is 1.09. The number of carboxylic acids is 2. The largest absolute Gasteiger partial charge is 0.508 e. The van der Waals surface area contributed by atoms with Crippen LogP contribution >= 0.6 is 25.3 Å². The standard InChI is InChI=1S/C82H120N22O29S2/c1-38(2)25-48(92-74(125)55(33-106)98-66(117)40(4)89-65(116)39(3)83)68(119)99-56(34-107)75(126)102-59(37-135)78(129)103-64(41(5)109)79(130)88-31-62(113)90-54(32-105)73(124)100-57(35-108)76(127)101-58(36-134)77(128)91-47(13-9-23-87-82(85)86)67(118)93-50(27-43-15-19-45(110)20-16-43)70(121)96-52(29-61(84)112)72(123)95-51(28-44-17-21-46(111)22-18-44)69(120)94-49(26-42-11-7-6-8-12-42)71(122)97-53(30-63(114)115)80(131)104-24-10-14-60(104)81(132)133/h6-8,11-12,15-22,38-41,47-60,64,105-111,134-135H,9-10,13-14,23-37,83H2,1-5H3,(H2,84,112)(H,88,130)(H,89,116)(H,90,113)(H,91,128)(H,92,125)(H,93,118)(H,94,120)(H,95,123)(H,96,121)(H,97,122)(H,98,117)(H,99,119)(H,100,124)(H,101,127)(H,102,126)(H,103,129)(H,114,115)(H,132,133)(H4,85,86,87)/t39-,40-,41+,47-,48-,49-,50-,51-,52-,53-,54-,55-,56-,57-,58-,59-,60-,64-/m0/s1. The van der Waals surface area contributed by atoms with Gasteiger partial charge >= 0.3 is 11.9 Å². The molecular weight excluding hydrogens is 1820 g/mol. The molecule has 33 N–H and O–H groups in total. The zero-order valence-corrected chi connectivity index (χ0v) is 76.0. The first kappa shape index (κ1) is 114. The van der Waals surface area contributed by atoms with Crippen molar-refractivity contribution >= 4 is 149 Å². The van der Waals surface area contributed by atoms with Crippen molar-refractivity contribution in [2.75, 3.05) is 57.6 Å². The number of thiol groups is 2. The van der Waals surface area contributed by atoms with Crippen molar-refractivity contribution in [1.29, 1.82) is 5.41 Å². The zero-order chi connectivity index (χ0) is 101. The quantitative estimate of drug-likeness (QED) is 0.0108. The van der Waals surface area contributed by atoms with Crippen LogP contribution in [0, 0.1) is 11.3 Å². The van der Waals surface area contributed by atoms with Crippen molar-refractivity contribution in [3.8, 4) is 11.5 Å². The lowest BCUT2D eigenvalue weighted by Gasteiger charge is -2.29. The highest BCUT2D eigenvalue weighted by molar-refractivity contribution is 7.80. The lowest BCUT2D eigenvalue weighted by molar-refractivity contribution is -0.150. The minimum atomic E-state index is -2.05. The molecule has 0 aromatic heterocycles. The SMILES string of the molecule is CC(C)C[C@H](NC(=O)[C@H](CO)NC(=O)[C@H](C)NC(=O)[C@H](C)N)C(=O)N[C@@H](CO)C(=O)N[C@@H](CS)C(=O)N[C@H](C(=O)NCC(=O)N[C@@H](CO)C(=O)N[C@@H](CO)C(=O)N[C@@H](CS)C(=O)N[C@@H](CCCNC(=N)N)C(=O)N[C@@H](Cc1ccc(O)cc1)C(=O)N[C@@H](CC(N)=O)C(=O)N[C@@H](Cc1ccc(O)cc1)C(=O)N[C@@H](Cc1ccccc1)C(=O)N[C@@H](CC(=O)O)C(=O)N1CCC[C@H]1C(=O)O)[C@@H](C)O. The van der Waals surface area contributed by atoms with Crippen molar-refractivity contribution in [2.45, 2.75) is 208 Å². The van der Waals surface area contributed by atoms with Gasteiger partial charge in [-0.2, -0.15) is 25.3 Å². The molecule has 18 amide bonds. The fraction of sp³-hybridized carbons (Fsp3) is 0.524. The third-order valence-electron chi connectivity index (χ3n) is 20.3. The molecule has 1 saturated heterocycles. The predicted molar refractivity (Wildman–Crippen MR) is 480 cm³/mol. The number of primary amides is 1. The molecular formula is C82H120N22O29S2. The van der Waals surface area contributed by atoms with E-state index in [0.717, 1.165) is 11.8 Å². The first-order valence-electron chi connectivity index (χ1n) is 42.3. The van der Waals surface area contributed by atoms with E-state index in [1.165, 1.54) is 62.4 Å². The Morgan fingerprint density at radius 1 is 0.430 bits per heavy atom. The second-order valence-corrected chi connectivity index (χ2v) is 32.5. The number of aromatic hydroxyl groups is 2. The van der Waals surface area contributed by atoms with Crippen molar-refractivity contribution < 1.29 is 142 Å². The number of guanidine groups is 1. The Balaban J connectivity index is 1.51. The van der Waals surface area contributed by atoms with Crippen LogP contribution in [0.15, 0.2) is 78.9 Å². The molecule has 3 aromatic rings. The van der Waals surface area contributed by atoms with Crippen LogP contribution in [-0.4, -0.2) is 341 Å². The fourth-order valence-corrected chi connectivity index (χ4v) is 13.5. The Morgan fingerprint density at radius 2 is 0.800 bits per heavy atom. The lowest BCUT2D eigenvalue weighted by atomic mass is 10.0. The second kappa shape index (κ2) is 57.1. The van der Waals surface area contributed by atoms with E-state index in [1.807, 2.05) is 0 Å². The van der Waals surface area contributed by atoms with Crippen molar-refractivity contribution in [3.05, 3.63) is 95.6 Å². The smallest absolute Gasteiger partial charge is 0.326 e. The first-order valence-corrected chi connectivity index (χ1v) is 43.6. The Hall–Kier alpha value is -13.6. The van der Waals surface area contributed by atoms with Gasteiger partial charge in [-0.1, -0.05) is 68.4 Å². The van der Waals surface area contributed by atoms with E-state index in [1.54, 1.807) is 44.2 Å².